The number of hydrogen-bond donors (Lipinski definition) is 2. The molecule has 16 heavy (non-hydrogen) atoms. The second-order valence-corrected chi connectivity index (χ2v) is 3.98. The maximum Gasteiger partial charge on any atom is 0.228 e. The molecular formula is C12H13NO3. The first-order valence-electron chi connectivity index (χ1n) is 5.19. The minimum Gasteiger partial charge on any atom is -0.392 e. The Bertz CT molecular complexity index is 414. The maximum atomic E-state index is 12.0. The van der Waals surface area contributed by atoms with E-state index in [1.807, 2.05) is 6.07 Å². The van der Waals surface area contributed by atoms with Crippen LogP contribution in [-0.2, 0) is 4.79 Å². The van der Waals surface area contributed by atoms with E-state index in [-0.39, 0.29) is 11.7 Å². The summed E-state index contributed by atoms with van der Waals surface area (Å²) >= 11 is 0. The molecule has 0 aromatic heterocycles. The molecule has 3 atom stereocenters. The van der Waals surface area contributed by atoms with Gasteiger partial charge >= 0.3 is 0 Å². The van der Waals surface area contributed by atoms with Gasteiger partial charge in [0.2, 0.25) is 5.91 Å². The van der Waals surface area contributed by atoms with Crippen LogP contribution in [-0.4, -0.2) is 28.9 Å². The van der Waals surface area contributed by atoms with Crippen molar-refractivity contribution in [2.45, 2.75) is 19.1 Å². The first-order valence-corrected chi connectivity index (χ1v) is 5.19. The van der Waals surface area contributed by atoms with E-state index >= 15 is 0 Å². The van der Waals surface area contributed by atoms with E-state index in [0.717, 1.165) is 0 Å². The van der Waals surface area contributed by atoms with Crippen LogP contribution in [0.5, 0.6) is 0 Å². The Morgan fingerprint density at radius 2 is 2.00 bits per heavy atom. The fourth-order valence-corrected chi connectivity index (χ4v) is 1.90. The molecule has 0 saturated carbocycles. The first-order chi connectivity index (χ1) is 7.61. The van der Waals surface area contributed by atoms with Crippen LogP contribution in [0.2, 0.25) is 0 Å². The summed E-state index contributed by atoms with van der Waals surface area (Å²) in [7, 11) is 0. The van der Waals surface area contributed by atoms with Gasteiger partial charge in [0.05, 0.1) is 12.0 Å². The van der Waals surface area contributed by atoms with E-state index in [4.69, 9.17) is 0 Å². The van der Waals surface area contributed by atoms with Gasteiger partial charge in [-0.15, -0.1) is 0 Å². The van der Waals surface area contributed by atoms with E-state index in [2.05, 4.69) is 5.32 Å². The van der Waals surface area contributed by atoms with E-state index < -0.39 is 18.1 Å². The molecule has 1 aliphatic rings. The van der Waals surface area contributed by atoms with Crippen molar-refractivity contribution in [1.82, 2.24) is 5.32 Å². The molecule has 1 aromatic carbocycles. The number of hydrogen-bond acceptors (Lipinski definition) is 3. The number of aliphatic hydroxyl groups is 1. The van der Waals surface area contributed by atoms with Crippen molar-refractivity contribution in [2.24, 2.45) is 5.92 Å². The summed E-state index contributed by atoms with van der Waals surface area (Å²) in [4.78, 5) is 23.2. The number of aliphatic hydroxyl groups excluding tert-OH is 1. The number of Topliss-reactive ketones (excluding diaryl/α,β-unsaturated/α-hetero) is 1. The second-order valence-electron chi connectivity index (χ2n) is 3.98. The van der Waals surface area contributed by atoms with Gasteiger partial charge in [0.25, 0.3) is 0 Å². The second kappa shape index (κ2) is 4.06. The Labute approximate surface area is 93.3 Å². The number of nitrogens with one attached hydrogen (secondary N) is 1. The van der Waals surface area contributed by atoms with E-state index in [1.165, 1.54) is 6.92 Å². The minimum atomic E-state index is -0.800. The summed E-state index contributed by atoms with van der Waals surface area (Å²) in [5.74, 6) is -1.02. The molecule has 0 bridgehead atoms. The highest BCUT2D eigenvalue weighted by Crippen LogP contribution is 2.22. The van der Waals surface area contributed by atoms with Gasteiger partial charge in [-0.2, -0.15) is 0 Å². The van der Waals surface area contributed by atoms with Gasteiger partial charge in [-0.25, -0.2) is 0 Å². The number of carbonyl (C=O) groups is 2. The number of β-lactam (4-membered cyclic amide) rings is 1. The van der Waals surface area contributed by atoms with Crippen LogP contribution in [0.15, 0.2) is 30.3 Å². The summed E-state index contributed by atoms with van der Waals surface area (Å²) in [6.07, 6.45) is -0.800. The molecule has 1 fully saturated rings. The topological polar surface area (TPSA) is 66.4 Å². The highest BCUT2D eigenvalue weighted by molar-refractivity contribution is 6.08. The zero-order valence-electron chi connectivity index (χ0n) is 8.88. The predicted octanol–water partition coefficient (Wildman–Crippen LogP) is 0.365. The number of benzene rings is 1. The van der Waals surface area contributed by atoms with Crippen molar-refractivity contribution >= 4 is 11.7 Å². The van der Waals surface area contributed by atoms with Crippen molar-refractivity contribution in [1.29, 1.82) is 0 Å². The van der Waals surface area contributed by atoms with Gasteiger partial charge in [0, 0.05) is 5.56 Å². The van der Waals surface area contributed by atoms with Crippen LogP contribution in [0, 0.1) is 5.92 Å². The average molecular weight is 219 g/mol. The van der Waals surface area contributed by atoms with Gasteiger partial charge in [0.15, 0.2) is 5.78 Å². The SMILES string of the molecule is C[C@@H](O)[C@H]1C(=O)N[C@@H]1C(=O)c1ccccc1. The molecule has 1 saturated heterocycles. The molecule has 1 aromatic rings. The van der Waals surface area contributed by atoms with E-state index in [1.54, 1.807) is 24.3 Å². The summed E-state index contributed by atoms with van der Waals surface area (Å²) in [5.41, 5.74) is 0.554. The molecule has 0 radical (unpaired) electrons. The van der Waals surface area contributed by atoms with Crippen LogP contribution in [0.1, 0.15) is 17.3 Å². The van der Waals surface area contributed by atoms with E-state index in [0.29, 0.717) is 5.56 Å². The van der Waals surface area contributed by atoms with Crippen molar-refractivity contribution in [2.75, 3.05) is 0 Å². The molecule has 0 spiro atoms. The van der Waals surface area contributed by atoms with Crippen molar-refractivity contribution in [3.8, 4) is 0 Å². The number of rotatable bonds is 3. The molecule has 2 rings (SSSR count). The third kappa shape index (κ3) is 1.72. The molecule has 1 aliphatic heterocycles. The quantitative estimate of drug-likeness (QED) is 0.570. The predicted molar refractivity (Wildman–Crippen MR) is 57.9 cm³/mol. The third-order valence-corrected chi connectivity index (χ3v) is 2.82. The van der Waals surface area contributed by atoms with Gasteiger partial charge in [-0.05, 0) is 6.92 Å². The maximum absolute atomic E-state index is 12.0. The molecular weight excluding hydrogens is 206 g/mol. The summed E-state index contributed by atoms with van der Waals surface area (Å²) < 4.78 is 0. The lowest BCUT2D eigenvalue weighted by Gasteiger charge is -2.37. The Balaban J connectivity index is 2.16. The zero-order chi connectivity index (χ0) is 11.7. The van der Waals surface area contributed by atoms with Gasteiger partial charge in [-0.3, -0.25) is 9.59 Å². The van der Waals surface area contributed by atoms with Gasteiger partial charge < -0.3 is 10.4 Å². The highest BCUT2D eigenvalue weighted by atomic mass is 16.3. The van der Waals surface area contributed by atoms with Crippen LogP contribution in [0.4, 0.5) is 0 Å². The highest BCUT2D eigenvalue weighted by Gasteiger charge is 2.46. The largest absolute Gasteiger partial charge is 0.392 e. The van der Waals surface area contributed by atoms with Crippen molar-refractivity contribution < 1.29 is 14.7 Å². The average Bonchev–Trinajstić information content (AvgIpc) is 2.25. The lowest BCUT2D eigenvalue weighted by molar-refractivity contribution is -0.138. The van der Waals surface area contributed by atoms with Crippen LogP contribution in [0.25, 0.3) is 0 Å². The lowest BCUT2D eigenvalue weighted by Crippen LogP contribution is -2.65. The molecule has 4 heteroatoms. The monoisotopic (exact) mass is 219 g/mol. The molecule has 84 valence electrons. The van der Waals surface area contributed by atoms with Crippen LogP contribution in [0.3, 0.4) is 0 Å². The zero-order valence-corrected chi connectivity index (χ0v) is 8.88. The Hall–Kier alpha value is -1.68. The lowest BCUT2D eigenvalue weighted by atomic mass is 9.81. The Kier molecular flexibility index (Phi) is 2.75. The Morgan fingerprint density at radius 1 is 1.38 bits per heavy atom. The van der Waals surface area contributed by atoms with Crippen molar-refractivity contribution in [3.63, 3.8) is 0 Å². The number of carbonyl (C=O) groups excluding carboxylic acids is 2. The van der Waals surface area contributed by atoms with Crippen LogP contribution < -0.4 is 5.32 Å². The first kappa shape index (κ1) is 10.8. The fourth-order valence-electron chi connectivity index (χ4n) is 1.90. The Morgan fingerprint density at radius 3 is 2.50 bits per heavy atom. The third-order valence-electron chi connectivity index (χ3n) is 2.82. The van der Waals surface area contributed by atoms with Gasteiger partial charge in [0.1, 0.15) is 6.04 Å². The molecule has 0 aliphatic carbocycles. The smallest absolute Gasteiger partial charge is 0.228 e. The normalized spacial score (nSPS) is 25.5. The van der Waals surface area contributed by atoms with Crippen molar-refractivity contribution in [3.05, 3.63) is 35.9 Å². The number of ketones is 1. The summed E-state index contributed by atoms with van der Waals surface area (Å²) in [5, 5.41) is 11.9. The molecule has 1 amide bonds. The minimum absolute atomic E-state index is 0.147. The molecule has 1 heterocycles. The molecule has 2 N–H and O–H groups in total. The van der Waals surface area contributed by atoms with Gasteiger partial charge in [-0.1, -0.05) is 30.3 Å². The molecule has 4 nitrogen and oxygen atoms in total. The summed E-state index contributed by atoms with van der Waals surface area (Å²) in [6, 6.07) is 8.17. The number of amides is 1. The van der Waals surface area contributed by atoms with Crippen LogP contribution >= 0.6 is 0 Å². The standard InChI is InChI=1S/C12H13NO3/c1-7(14)9-10(13-12(9)16)11(15)8-5-3-2-4-6-8/h2-7,9-10,14H,1H3,(H,13,16)/t7-,9-,10+/m1/s1. The summed E-state index contributed by atoms with van der Waals surface area (Å²) in [6.45, 7) is 1.52. The molecule has 0 unspecified atom stereocenters. The fraction of sp³-hybridized carbons (Fsp3) is 0.333. The van der Waals surface area contributed by atoms with E-state index in [9.17, 15) is 14.7 Å².